The molecule has 0 bridgehead atoms. The maximum Gasteiger partial charge on any atom is 0.413 e. The summed E-state index contributed by atoms with van der Waals surface area (Å²) in [6.07, 6.45) is 7.20. The average Bonchev–Trinajstić information content (AvgIpc) is 2.45. The van der Waals surface area contributed by atoms with Gasteiger partial charge in [-0.25, -0.2) is 4.79 Å². The summed E-state index contributed by atoms with van der Waals surface area (Å²) in [7, 11) is 0. The molecule has 1 amide bonds. The minimum atomic E-state index is -0.550. The Kier molecular flexibility index (Phi) is 5.52. The number of Topliss-reactive ketones (excluding diaryl/α,β-unsaturated/α-hetero) is 1. The van der Waals surface area contributed by atoms with E-state index < -0.39 is 22.6 Å². The van der Waals surface area contributed by atoms with E-state index >= 15 is 0 Å². The Hall–Kier alpha value is -1.56. The largest absolute Gasteiger partial charge is 0.444 e. The first-order valence-corrected chi connectivity index (χ1v) is 9.56. The van der Waals surface area contributed by atoms with Crippen LogP contribution < -0.4 is 5.32 Å². The summed E-state index contributed by atoms with van der Waals surface area (Å²) in [6.45, 7) is 11.1. The zero-order chi connectivity index (χ0) is 18.9. The quantitative estimate of drug-likeness (QED) is 0.795. The molecule has 0 aromatic heterocycles. The Morgan fingerprint density at radius 2 is 2.00 bits per heavy atom. The predicted molar refractivity (Wildman–Crippen MR) is 103 cm³/mol. The molecule has 1 N–H and O–H groups in total. The number of carbonyl (C=O) groups excluding carboxylic acids is 2. The van der Waals surface area contributed by atoms with Crippen molar-refractivity contribution in [3.8, 4) is 0 Å². The lowest BCUT2D eigenvalue weighted by atomic mass is 9.74. The van der Waals surface area contributed by atoms with E-state index in [1.807, 2.05) is 46.8 Å². The molecule has 1 unspecified atom stereocenters. The van der Waals surface area contributed by atoms with Gasteiger partial charge in [0.1, 0.15) is 11.4 Å². The molecule has 2 rings (SSSR count). The number of nitrogens with one attached hydrogen (secondary N) is 1. The average molecular weight is 365 g/mol. The summed E-state index contributed by atoms with van der Waals surface area (Å²) in [5, 5.41) is 3.31. The maximum atomic E-state index is 12.0. The molecule has 0 saturated heterocycles. The third kappa shape index (κ3) is 4.97. The Balaban J connectivity index is 2.22. The lowest BCUT2D eigenvalue weighted by Crippen LogP contribution is -2.40. The third-order valence-corrected chi connectivity index (χ3v) is 5.40. The second kappa shape index (κ2) is 6.98. The Morgan fingerprint density at radius 1 is 1.32 bits per heavy atom. The SMILES string of the molecule is CC(=O)[C@@]1(C)C=C(C2(C)CCSC(NC(=O)OC(C)(C)C)=N2)C=CC1. The second-order valence-corrected chi connectivity index (χ2v) is 9.18. The number of alkyl carbamates (subject to hydrolysis) is 1. The number of allylic oxidation sites excluding steroid dienone is 2. The van der Waals surface area contributed by atoms with Gasteiger partial charge >= 0.3 is 6.09 Å². The standard InChI is InChI=1S/C19H28N2O3S/c1-13(22)18(5)9-7-8-14(12-18)19(6)10-11-25-15(21-19)20-16(23)24-17(2,3)4/h7-8,12H,9-11H2,1-6H3,(H,20,21,23)/t18-,19?/m1/s1. The summed E-state index contributed by atoms with van der Waals surface area (Å²) in [5.74, 6) is 0.992. The number of thioether (sulfide) groups is 1. The molecular weight excluding hydrogens is 336 g/mol. The van der Waals surface area contributed by atoms with Crippen LogP contribution in [0.1, 0.15) is 54.4 Å². The van der Waals surface area contributed by atoms with E-state index in [-0.39, 0.29) is 5.78 Å². The molecule has 1 heterocycles. The van der Waals surface area contributed by atoms with Gasteiger partial charge in [-0.2, -0.15) is 0 Å². The van der Waals surface area contributed by atoms with Crippen LogP contribution in [-0.2, 0) is 9.53 Å². The number of rotatable bonds is 2. The van der Waals surface area contributed by atoms with Crippen molar-refractivity contribution in [2.75, 3.05) is 5.75 Å². The van der Waals surface area contributed by atoms with Gasteiger partial charge in [-0.15, -0.1) is 0 Å². The van der Waals surface area contributed by atoms with E-state index in [1.54, 1.807) is 6.92 Å². The van der Waals surface area contributed by atoms with E-state index in [9.17, 15) is 9.59 Å². The minimum absolute atomic E-state index is 0.152. The molecule has 0 spiro atoms. The van der Waals surface area contributed by atoms with Gasteiger partial charge in [-0.1, -0.05) is 30.0 Å². The predicted octanol–water partition coefficient (Wildman–Crippen LogP) is 4.24. The molecule has 5 nitrogen and oxygen atoms in total. The first-order chi connectivity index (χ1) is 11.4. The van der Waals surface area contributed by atoms with Crippen molar-refractivity contribution in [2.24, 2.45) is 10.4 Å². The number of amidine groups is 1. The third-order valence-electron chi connectivity index (χ3n) is 4.52. The zero-order valence-electron chi connectivity index (χ0n) is 15.9. The monoisotopic (exact) mass is 364 g/mol. The number of nitrogens with zero attached hydrogens (tertiary/aromatic N) is 1. The van der Waals surface area contributed by atoms with Crippen molar-refractivity contribution >= 4 is 28.8 Å². The number of carbonyl (C=O) groups is 2. The van der Waals surface area contributed by atoms with Crippen molar-refractivity contribution in [1.82, 2.24) is 5.32 Å². The minimum Gasteiger partial charge on any atom is -0.444 e. The van der Waals surface area contributed by atoms with Crippen molar-refractivity contribution in [1.29, 1.82) is 0 Å². The lowest BCUT2D eigenvalue weighted by molar-refractivity contribution is -0.123. The molecule has 6 heteroatoms. The molecule has 0 aromatic carbocycles. The van der Waals surface area contributed by atoms with Crippen LogP contribution in [0, 0.1) is 5.41 Å². The van der Waals surface area contributed by atoms with Gasteiger partial charge in [0.2, 0.25) is 0 Å². The molecule has 0 saturated carbocycles. The van der Waals surface area contributed by atoms with Gasteiger partial charge in [0.25, 0.3) is 0 Å². The Bertz CT molecular complexity index is 660. The van der Waals surface area contributed by atoms with Crippen LogP contribution in [0.4, 0.5) is 4.79 Å². The smallest absolute Gasteiger partial charge is 0.413 e. The van der Waals surface area contributed by atoms with Crippen LogP contribution in [0.15, 0.2) is 28.8 Å². The van der Waals surface area contributed by atoms with E-state index in [4.69, 9.17) is 9.73 Å². The normalized spacial score (nSPS) is 29.5. The van der Waals surface area contributed by atoms with Gasteiger partial charge in [0.05, 0.1) is 5.54 Å². The van der Waals surface area contributed by atoms with Crippen molar-refractivity contribution < 1.29 is 14.3 Å². The van der Waals surface area contributed by atoms with Crippen molar-refractivity contribution in [2.45, 2.75) is 65.5 Å². The molecule has 0 radical (unpaired) electrons. The number of ketones is 1. The van der Waals surface area contributed by atoms with Crippen LogP contribution in [0.25, 0.3) is 0 Å². The van der Waals surface area contributed by atoms with Crippen LogP contribution in [0.3, 0.4) is 0 Å². The summed E-state index contributed by atoms with van der Waals surface area (Å²) in [6, 6.07) is 0. The van der Waals surface area contributed by atoms with Crippen molar-refractivity contribution in [3.05, 3.63) is 23.8 Å². The van der Waals surface area contributed by atoms with E-state index in [0.29, 0.717) is 11.6 Å². The highest BCUT2D eigenvalue weighted by atomic mass is 32.2. The van der Waals surface area contributed by atoms with Gasteiger partial charge in [0, 0.05) is 11.2 Å². The number of amides is 1. The Labute approximate surface area is 154 Å². The van der Waals surface area contributed by atoms with Gasteiger partial charge < -0.3 is 4.74 Å². The number of ether oxygens (including phenoxy) is 1. The number of hydrogen-bond acceptors (Lipinski definition) is 5. The van der Waals surface area contributed by atoms with Crippen LogP contribution in [0.5, 0.6) is 0 Å². The highest BCUT2D eigenvalue weighted by Gasteiger charge is 2.37. The molecule has 2 atom stereocenters. The first kappa shape index (κ1) is 19.8. The molecular formula is C19H28N2O3S. The lowest BCUT2D eigenvalue weighted by Gasteiger charge is -2.35. The molecule has 1 aliphatic heterocycles. The van der Waals surface area contributed by atoms with Crippen molar-refractivity contribution in [3.63, 3.8) is 0 Å². The maximum absolute atomic E-state index is 12.0. The molecule has 0 fully saturated rings. The highest BCUT2D eigenvalue weighted by Crippen LogP contribution is 2.39. The summed E-state index contributed by atoms with van der Waals surface area (Å²) < 4.78 is 5.30. The first-order valence-electron chi connectivity index (χ1n) is 8.57. The number of aliphatic imine (C=N–C) groups is 1. The summed E-state index contributed by atoms with van der Waals surface area (Å²) in [4.78, 5) is 28.8. The summed E-state index contributed by atoms with van der Waals surface area (Å²) in [5.41, 5.74) is -0.458. The molecule has 0 aromatic rings. The van der Waals surface area contributed by atoms with Gasteiger partial charge in [-0.3, -0.25) is 15.1 Å². The Morgan fingerprint density at radius 3 is 2.60 bits per heavy atom. The fraction of sp³-hybridized carbons (Fsp3) is 0.632. The van der Waals surface area contributed by atoms with Crippen LogP contribution >= 0.6 is 11.8 Å². The van der Waals surface area contributed by atoms with Gasteiger partial charge in [-0.05, 0) is 60.0 Å². The molecule has 25 heavy (non-hydrogen) atoms. The highest BCUT2D eigenvalue weighted by molar-refractivity contribution is 8.13. The van der Waals surface area contributed by atoms with Crippen LogP contribution in [-0.4, -0.2) is 33.9 Å². The van der Waals surface area contributed by atoms with E-state index in [2.05, 4.69) is 11.4 Å². The fourth-order valence-corrected chi connectivity index (χ4v) is 3.90. The zero-order valence-corrected chi connectivity index (χ0v) is 16.8. The van der Waals surface area contributed by atoms with Gasteiger partial charge in [0.15, 0.2) is 5.17 Å². The van der Waals surface area contributed by atoms with Crippen LogP contribution in [0.2, 0.25) is 0 Å². The fourth-order valence-electron chi connectivity index (χ4n) is 2.78. The number of hydrogen-bond donors (Lipinski definition) is 1. The molecule has 138 valence electrons. The molecule has 1 aliphatic carbocycles. The van der Waals surface area contributed by atoms with E-state index in [1.165, 1.54) is 11.8 Å². The van der Waals surface area contributed by atoms with E-state index in [0.717, 1.165) is 17.7 Å². The topological polar surface area (TPSA) is 67.8 Å². The second-order valence-electron chi connectivity index (χ2n) is 8.10. The summed E-state index contributed by atoms with van der Waals surface area (Å²) >= 11 is 1.51. The molecule has 2 aliphatic rings.